The van der Waals surface area contributed by atoms with Crippen molar-refractivity contribution in [3.05, 3.63) is 192 Å². The number of pyridine rings is 1. The van der Waals surface area contributed by atoms with Gasteiger partial charge in [-0.15, -0.1) is 0 Å². The Morgan fingerprint density at radius 3 is 1.53 bits per heavy atom. The monoisotopic (exact) mass is 837 g/mol. The number of unbranched alkanes of at least 4 members (excludes halogenated alkanes) is 2. The van der Waals surface area contributed by atoms with Crippen molar-refractivity contribution in [1.29, 1.82) is 0 Å². The Morgan fingerprint density at radius 2 is 1.07 bits per heavy atom. The molecule has 2 heterocycles. The first kappa shape index (κ1) is 44.6. The molecule has 0 saturated carbocycles. The van der Waals surface area contributed by atoms with Gasteiger partial charge < -0.3 is 24.9 Å². The molecule has 8 heteroatoms. The summed E-state index contributed by atoms with van der Waals surface area (Å²) in [5.41, 5.74) is 9.90. The van der Waals surface area contributed by atoms with Crippen LogP contribution in [-0.4, -0.2) is 66.0 Å². The second kappa shape index (κ2) is 25.6. The number of aromatic nitrogens is 1. The molecule has 0 atom stereocenters. The topological polar surface area (TPSA) is 54.1 Å². The number of anilines is 2. The maximum Gasteiger partial charge on any atom is 0.171 e. The molecule has 0 unspecified atom stereocenters. The molecular formula is C52H61N4O2S2+. The summed E-state index contributed by atoms with van der Waals surface area (Å²) < 4.78 is 1.99. The molecule has 0 saturated heterocycles. The fourth-order valence-electron chi connectivity index (χ4n) is 7.03. The number of aliphatic hydroxyl groups excluding tert-OH is 2. The Labute approximate surface area is 366 Å². The average molecular weight is 838 g/mol. The second-order valence-corrected chi connectivity index (χ2v) is 17.8. The summed E-state index contributed by atoms with van der Waals surface area (Å²) in [5, 5.41) is 18.4. The highest BCUT2D eigenvalue weighted by Gasteiger charge is 2.10. The van der Waals surface area contributed by atoms with E-state index >= 15 is 0 Å². The molecule has 6 nitrogen and oxygen atoms in total. The van der Waals surface area contributed by atoms with E-state index in [0.717, 1.165) is 51.1 Å². The zero-order valence-electron chi connectivity index (χ0n) is 34.8. The number of allylic oxidation sites excluding steroid dienone is 3. The van der Waals surface area contributed by atoms with Crippen molar-refractivity contribution in [2.75, 3.05) is 60.7 Å². The molecule has 0 bridgehead atoms. The van der Waals surface area contributed by atoms with Crippen LogP contribution in [0.25, 0.3) is 18.2 Å². The zero-order chi connectivity index (χ0) is 41.5. The lowest BCUT2D eigenvalue weighted by Gasteiger charge is -2.25. The Kier molecular flexibility index (Phi) is 19.0. The highest BCUT2D eigenvalue weighted by atomic mass is 33.1. The molecule has 312 valence electrons. The van der Waals surface area contributed by atoms with Crippen LogP contribution in [0.5, 0.6) is 0 Å². The standard InChI is InChI=1S/C52H61N4O2S2/c57-39-37-53-33-27-47(28-34-53)17-15-45-19-23-51(24-20-45)55(43-49-11-3-1-4-12-49)31-7-9-41-59-60-42-10-8-32-56(44-50-13-5-2-6-14-50)52-25-21-46(22-26-52)16-18-48-29-35-54(36-30-48)38-40-58/h1-6,11-30,33-35,57-58H,7-10,31-32,36-44H2/q+1/b18-16+. The maximum atomic E-state index is 9.19. The van der Waals surface area contributed by atoms with Crippen molar-refractivity contribution in [2.45, 2.75) is 45.3 Å². The van der Waals surface area contributed by atoms with Crippen molar-refractivity contribution < 1.29 is 14.8 Å². The Morgan fingerprint density at radius 1 is 0.567 bits per heavy atom. The van der Waals surface area contributed by atoms with Gasteiger partial charge in [0, 0.05) is 80.5 Å². The molecule has 0 aliphatic carbocycles. The van der Waals surface area contributed by atoms with E-state index in [1.54, 1.807) is 0 Å². The van der Waals surface area contributed by atoms with Gasteiger partial charge in [-0.05, 0) is 89.4 Å². The molecule has 1 aliphatic heterocycles. The molecule has 1 aromatic heterocycles. The van der Waals surface area contributed by atoms with Crippen LogP contribution in [0.2, 0.25) is 0 Å². The largest absolute Gasteiger partial charge is 0.395 e. The van der Waals surface area contributed by atoms with Crippen LogP contribution in [0.15, 0.2) is 164 Å². The molecule has 0 amide bonds. The van der Waals surface area contributed by atoms with Crippen LogP contribution in [-0.2, 0) is 19.6 Å². The minimum Gasteiger partial charge on any atom is -0.395 e. The van der Waals surface area contributed by atoms with Crippen molar-refractivity contribution in [3.63, 3.8) is 0 Å². The number of benzene rings is 4. The average Bonchev–Trinajstić information content (AvgIpc) is 3.29. The quantitative estimate of drug-likeness (QED) is 0.0345. The molecule has 4 aromatic carbocycles. The van der Waals surface area contributed by atoms with E-state index in [2.05, 4.69) is 179 Å². The Balaban J connectivity index is 0.919. The lowest BCUT2D eigenvalue weighted by atomic mass is 10.1. The first-order valence-electron chi connectivity index (χ1n) is 21.4. The van der Waals surface area contributed by atoms with Crippen LogP contribution in [0.4, 0.5) is 11.4 Å². The second-order valence-electron chi connectivity index (χ2n) is 15.1. The van der Waals surface area contributed by atoms with Crippen molar-refractivity contribution in [2.24, 2.45) is 0 Å². The van der Waals surface area contributed by atoms with E-state index < -0.39 is 0 Å². The third-order valence-corrected chi connectivity index (χ3v) is 13.1. The minimum absolute atomic E-state index is 0.144. The van der Waals surface area contributed by atoms with Gasteiger partial charge in [0.2, 0.25) is 0 Å². The fourth-order valence-corrected chi connectivity index (χ4v) is 9.33. The Hall–Kier alpha value is -4.99. The number of hydrogen-bond acceptors (Lipinski definition) is 7. The van der Waals surface area contributed by atoms with Gasteiger partial charge in [0.05, 0.1) is 6.61 Å². The summed E-state index contributed by atoms with van der Waals surface area (Å²) >= 11 is 0. The van der Waals surface area contributed by atoms with Gasteiger partial charge in [0.15, 0.2) is 18.9 Å². The third-order valence-electron chi connectivity index (χ3n) is 10.5. The molecule has 0 fully saturated rings. The molecular weight excluding hydrogens is 777 g/mol. The maximum absolute atomic E-state index is 9.19. The van der Waals surface area contributed by atoms with Gasteiger partial charge in [0.1, 0.15) is 6.61 Å². The summed E-state index contributed by atoms with van der Waals surface area (Å²) in [7, 11) is 4.05. The molecule has 0 radical (unpaired) electrons. The van der Waals surface area contributed by atoms with E-state index in [4.69, 9.17) is 5.11 Å². The molecule has 1 aliphatic rings. The smallest absolute Gasteiger partial charge is 0.171 e. The van der Waals surface area contributed by atoms with Crippen LogP contribution < -0.4 is 14.4 Å². The number of β-amino-alcohol motifs (C(OH)–C–C–N with tert-alkyl or cyclic N) is 1. The van der Waals surface area contributed by atoms with E-state index in [1.165, 1.54) is 63.5 Å². The molecule has 6 rings (SSSR count). The van der Waals surface area contributed by atoms with Crippen LogP contribution in [0, 0.1) is 0 Å². The summed E-state index contributed by atoms with van der Waals surface area (Å²) in [6.07, 6.45) is 23.8. The van der Waals surface area contributed by atoms with Gasteiger partial charge >= 0.3 is 0 Å². The fraction of sp³-hybridized carbons (Fsp3) is 0.288. The van der Waals surface area contributed by atoms with Crippen molar-refractivity contribution in [1.82, 2.24) is 4.90 Å². The van der Waals surface area contributed by atoms with Crippen LogP contribution >= 0.6 is 21.6 Å². The van der Waals surface area contributed by atoms with Gasteiger partial charge in [-0.3, -0.25) is 0 Å². The van der Waals surface area contributed by atoms with Crippen molar-refractivity contribution >= 4 is 51.2 Å². The summed E-state index contributed by atoms with van der Waals surface area (Å²) in [6.45, 7) is 6.30. The van der Waals surface area contributed by atoms with Gasteiger partial charge in [-0.25, -0.2) is 4.57 Å². The lowest BCUT2D eigenvalue weighted by Crippen LogP contribution is -2.34. The molecule has 60 heavy (non-hydrogen) atoms. The van der Waals surface area contributed by atoms with Gasteiger partial charge in [0.25, 0.3) is 0 Å². The molecule has 5 aromatic rings. The molecule has 0 spiro atoms. The van der Waals surface area contributed by atoms with E-state index in [1.807, 2.05) is 38.5 Å². The van der Waals surface area contributed by atoms with Crippen LogP contribution in [0.1, 0.15) is 53.5 Å². The first-order valence-corrected chi connectivity index (χ1v) is 23.9. The molecule has 2 N–H and O–H groups in total. The van der Waals surface area contributed by atoms with Gasteiger partial charge in [-0.2, -0.15) is 0 Å². The highest BCUT2D eigenvalue weighted by Crippen LogP contribution is 2.26. The SMILES string of the molecule is OCCN1C=CC(/C=C/c2ccc(N(CCCCSSCCCCN(Cc3ccccc3)c3ccc(/C=C/c4cc[n+](CCO)cc4)cc3)Cc3ccccc3)cc2)=CC1. The van der Waals surface area contributed by atoms with Crippen LogP contribution in [0.3, 0.4) is 0 Å². The van der Waals surface area contributed by atoms with E-state index in [9.17, 15) is 5.11 Å². The third kappa shape index (κ3) is 15.6. The van der Waals surface area contributed by atoms with Gasteiger partial charge in [-0.1, -0.05) is 137 Å². The predicted octanol–water partition coefficient (Wildman–Crippen LogP) is 10.6. The normalized spacial score (nSPS) is 12.7. The summed E-state index contributed by atoms with van der Waals surface area (Å²) in [5.74, 6) is 2.34. The summed E-state index contributed by atoms with van der Waals surface area (Å²) in [4.78, 5) is 7.15. The Bertz CT molecular complexity index is 2070. The lowest BCUT2D eigenvalue weighted by molar-refractivity contribution is -0.698. The van der Waals surface area contributed by atoms with E-state index in [-0.39, 0.29) is 13.2 Å². The number of rotatable bonds is 25. The zero-order valence-corrected chi connectivity index (χ0v) is 36.5. The van der Waals surface area contributed by atoms with E-state index in [0.29, 0.717) is 13.1 Å². The minimum atomic E-state index is 0.144. The number of nitrogens with zero attached hydrogens (tertiary/aromatic N) is 4. The predicted molar refractivity (Wildman–Crippen MR) is 259 cm³/mol. The number of aliphatic hydroxyl groups is 2. The highest BCUT2D eigenvalue weighted by molar-refractivity contribution is 8.76. The summed E-state index contributed by atoms with van der Waals surface area (Å²) in [6, 6.07) is 43.7. The first-order chi connectivity index (χ1) is 29.6. The number of hydrogen-bond donors (Lipinski definition) is 2. The van der Waals surface area contributed by atoms with Crippen molar-refractivity contribution in [3.8, 4) is 0 Å².